The van der Waals surface area contributed by atoms with Crippen LogP contribution in [0.3, 0.4) is 0 Å². The van der Waals surface area contributed by atoms with E-state index in [4.69, 9.17) is 9.47 Å². The van der Waals surface area contributed by atoms with E-state index in [1.165, 1.54) is 13.2 Å². The fourth-order valence-corrected chi connectivity index (χ4v) is 4.10. The average molecular weight is 615 g/mol. The van der Waals surface area contributed by atoms with Gasteiger partial charge < -0.3 is 20.1 Å². The van der Waals surface area contributed by atoms with Crippen LogP contribution in [0.1, 0.15) is 11.1 Å². The predicted molar refractivity (Wildman–Crippen MR) is 142 cm³/mol. The predicted octanol–water partition coefficient (Wildman–Crippen LogP) is 5.33. The van der Waals surface area contributed by atoms with Crippen LogP contribution in [-0.2, 0) is 16.2 Å². The van der Waals surface area contributed by atoms with Crippen molar-refractivity contribution in [2.75, 3.05) is 19.0 Å². The summed E-state index contributed by atoms with van der Waals surface area (Å²) in [6, 6.07) is 19.3. The Morgan fingerprint density at radius 1 is 1.00 bits per heavy atom. The van der Waals surface area contributed by atoms with Crippen LogP contribution < -0.4 is 20.1 Å². The molecule has 0 spiro atoms. The van der Waals surface area contributed by atoms with E-state index in [0.717, 1.165) is 19.4 Å². The molecule has 1 aliphatic rings. The fraction of sp³-hybridized carbons (Fsp3) is 0.115. The minimum Gasteiger partial charge on any atom is -0.495 e. The zero-order chi connectivity index (χ0) is 25.7. The summed E-state index contributed by atoms with van der Waals surface area (Å²) in [6.45, 7) is -0.133. The van der Waals surface area contributed by atoms with Crippen LogP contribution in [-0.4, -0.2) is 36.4 Å². The second-order valence-electron chi connectivity index (χ2n) is 7.73. The Morgan fingerprint density at radius 2 is 1.72 bits per heavy atom. The van der Waals surface area contributed by atoms with E-state index in [0.29, 0.717) is 29.4 Å². The van der Waals surface area contributed by atoms with Gasteiger partial charge in [0.25, 0.3) is 5.91 Å². The highest BCUT2D eigenvalue weighted by Gasteiger charge is 2.35. The Labute approximate surface area is 224 Å². The smallest absolute Gasteiger partial charge is 0.329 e. The number of carbonyl (C=O) groups excluding carboxylic acids is 3. The summed E-state index contributed by atoms with van der Waals surface area (Å²) in [5.74, 6) is -0.156. The van der Waals surface area contributed by atoms with Crippen molar-refractivity contribution in [1.29, 1.82) is 0 Å². The number of amides is 4. The summed E-state index contributed by atoms with van der Waals surface area (Å²) in [5.41, 5.74) is 2.04. The van der Waals surface area contributed by atoms with Crippen LogP contribution in [0, 0.1) is 0 Å². The van der Waals surface area contributed by atoms with Gasteiger partial charge in [-0.3, -0.25) is 9.59 Å². The number of ether oxygens (including phenoxy) is 2. The van der Waals surface area contributed by atoms with Crippen molar-refractivity contribution < 1.29 is 23.9 Å². The van der Waals surface area contributed by atoms with Crippen LogP contribution in [0.15, 0.2) is 81.4 Å². The molecule has 0 radical (unpaired) electrons. The SMILES string of the molecule is COc1ccccc1NC(=O)CN1C(=O)N/C(=C/c2cc(Br)ccc2OCc2ccc(Br)cc2)C1=O. The maximum absolute atomic E-state index is 13.0. The van der Waals surface area contributed by atoms with E-state index in [2.05, 4.69) is 42.5 Å². The van der Waals surface area contributed by atoms with E-state index in [9.17, 15) is 14.4 Å². The molecule has 0 aromatic heterocycles. The first-order valence-corrected chi connectivity index (χ1v) is 12.4. The Bertz CT molecular complexity index is 1340. The lowest BCUT2D eigenvalue weighted by Gasteiger charge is -2.13. The summed E-state index contributed by atoms with van der Waals surface area (Å²) in [4.78, 5) is 38.8. The monoisotopic (exact) mass is 613 g/mol. The molecule has 2 N–H and O–H groups in total. The van der Waals surface area contributed by atoms with Crippen molar-refractivity contribution in [2.45, 2.75) is 6.61 Å². The van der Waals surface area contributed by atoms with Gasteiger partial charge in [-0.05, 0) is 54.1 Å². The molecule has 0 atom stereocenters. The molecule has 0 saturated carbocycles. The van der Waals surface area contributed by atoms with E-state index in [1.54, 1.807) is 36.4 Å². The van der Waals surface area contributed by atoms with Crippen LogP contribution >= 0.6 is 31.9 Å². The minimum absolute atomic E-state index is 0.0386. The zero-order valence-electron chi connectivity index (χ0n) is 19.1. The summed E-state index contributed by atoms with van der Waals surface area (Å²) in [5, 5.41) is 5.20. The van der Waals surface area contributed by atoms with Crippen molar-refractivity contribution >= 4 is 61.5 Å². The Balaban J connectivity index is 1.48. The third kappa shape index (κ3) is 6.13. The normalized spacial score (nSPS) is 14.1. The molecule has 10 heteroatoms. The van der Waals surface area contributed by atoms with Gasteiger partial charge in [0, 0.05) is 14.5 Å². The molecule has 1 fully saturated rings. The van der Waals surface area contributed by atoms with Crippen LogP contribution in [0.5, 0.6) is 11.5 Å². The number of anilines is 1. The van der Waals surface area contributed by atoms with Gasteiger partial charge >= 0.3 is 6.03 Å². The first kappa shape index (κ1) is 25.5. The third-order valence-corrected chi connectivity index (χ3v) is 6.25. The Morgan fingerprint density at radius 3 is 2.47 bits per heavy atom. The number of nitrogens with one attached hydrogen (secondary N) is 2. The molecular weight excluding hydrogens is 594 g/mol. The van der Waals surface area contributed by atoms with Crippen LogP contribution in [0.25, 0.3) is 6.08 Å². The van der Waals surface area contributed by atoms with Crippen molar-refractivity contribution in [2.24, 2.45) is 0 Å². The number of benzene rings is 3. The number of para-hydroxylation sites is 2. The molecule has 4 rings (SSSR count). The molecule has 0 bridgehead atoms. The number of nitrogens with zero attached hydrogens (tertiary/aromatic N) is 1. The van der Waals surface area contributed by atoms with Gasteiger partial charge in [-0.1, -0.05) is 56.1 Å². The number of hydrogen-bond acceptors (Lipinski definition) is 5. The molecule has 0 unspecified atom stereocenters. The van der Waals surface area contributed by atoms with Crippen molar-refractivity contribution in [3.63, 3.8) is 0 Å². The van der Waals surface area contributed by atoms with Crippen molar-refractivity contribution in [1.82, 2.24) is 10.2 Å². The standard InChI is InChI=1S/C26H21Br2N3O5/c1-35-23-5-3-2-4-20(23)29-24(32)14-31-25(33)21(30-26(31)34)13-17-12-19(28)10-11-22(17)36-15-16-6-8-18(27)9-7-16/h2-13H,14-15H2,1H3,(H,29,32)(H,30,34)/b21-13+. The molecule has 4 amide bonds. The molecule has 1 saturated heterocycles. The molecule has 3 aromatic rings. The van der Waals surface area contributed by atoms with Gasteiger partial charge in [0.1, 0.15) is 30.3 Å². The van der Waals surface area contributed by atoms with Gasteiger partial charge in [-0.15, -0.1) is 0 Å². The molecule has 36 heavy (non-hydrogen) atoms. The van der Waals surface area contributed by atoms with Gasteiger partial charge in [-0.2, -0.15) is 0 Å². The lowest BCUT2D eigenvalue weighted by Crippen LogP contribution is -2.38. The van der Waals surface area contributed by atoms with Crippen LogP contribution in [0.2, 0.25) is 0 Å². The third-order valence-electron chi connectivity index (χ3n) is 5.22. The first-order valence-electron chi connectivity index (χ1n) is 10.8. The van der Waals surface area contributed by atoms with Crippen molar-refractivity contribution in [3.05, 3.63) is 92.5 Å². The molecule has 3 aromatic carbocycles. The van der Waals surface area contributed by atoms with Crippen molar-refractivity contribution in [3.8, 4) is 11.5 Å². The van der Waals surface area contributed by atoms with Gasteiger partial charge in [0.15, 0.2) is 0 Å². The lowest BCUT2D eigenvalue weighted by atomic mass is 10.1. The van der Waals surface area contributed by atoms with E-state index in [-0.39, 0.29) is 5.70 Å². The number of imide groups is 1. The van der Waals surface area contributed by atoms with E-state index in [1.807, 2.05) is 30.3 Å². The molecule has 8 nitrogen and oxygen atoms in total. The highest BCUT2D eigenvalue weighted by atomic mass is 79.9. The quantitative estimate of drug-likeness (QED) is 0.264. The fourth-order valence-electron chi connectivity index (χ4n) is 3.46. The molecular formula is C26H21Br2N3O5. The number of hydrogen-bond donors (Lipinski definition) is 2. The highest BCUT2D eigenvalue weighted by Crippen LogP contribution is 2.28. The van der Waals surface area contributed by atoms with E-state index >= 15 is 0 Å². The Kier molecular flexibility index (Phi) is 8.07. The lowest BCUT2D eigenvalue weighted by molar-refractivity contribution is -0.127. The van der Waals surface area contributed by atoms with E-state index < -0.39 is 24.4 Å². The van der Waals surface area contributed by atoms with Gasteiger partial charge in [0.2, 0.25) is 5.91 Å². The zero-order valence-corrected chi connectivity index (χ0v) is 22.3. The highest BCUT2D eigenvalue weighted by molar-refractivity contribution is 9.10. The minimum atomic E-state index is -0.686. The Hall–Kier alpha value is -3.63. The number of rotatable bonds is 8. The number of halogens is 2. The average Bonchev–Trinajstić information content (AvgIpc) is 3.12. The number of urea groups is 1. The van der Waals surface area contributed by atoms with Crippen LogP contribution in [0.4, 0.5) is 10.5 Å². The maximum Gasteiger partial charge on any atom is 0.329 e. The largest absolute Gasteiger partial charge is 0.495 e. The molecule has 184 valence electrons. The molecule has 1 heterocycles. The summed E-state index contributed by atoms with van der Waals surface area (Å²) < 4.78 is 12.9. The topological polar surface area (TPSA) is 97.0 Å². The maximum atomic E-state index is 13.0. The second kappa shape index (κ2) is 11.4. The van der Waals surface area contributed by atoms with Gasteiger partial charge in [0.05, 0.1) is 12.8 Å². The van der Waals surface area contributed by atoms with Gasteiger partial charge in [-0.25, -0.2) is 9.69 Å². The summed E-state index contributed by atoms with van der Waals surface area (Å²) >= 11 is 6.84. The summed E-state index contributed by atoms with van der Waals surface area (Å²) in [7, 11) is 1.48. The second-order valence-corrected chi connectivity index (χ2v) is 9.56. The first-order chi connectivity index (χ1) is 17.3. The molecule has 0 aliphatic carbocycles. The number of carbonyl (C=O) groups is 3. The molecule has 1 aliphatic heterocycles. The number of methoxy groups -OCH3 is 1. The summed E-state index contributed by atoms with van der Waals surface area (Å²) in [6.07, 6.45) is 1.53.